The Morgan fingerprint density at radius 2 is 2.22 bits per heavy atom. The first kappa shape index (κ1) is 12.5. The Morgan fingerprint density at radius 3 is 2.94 bits per heavy atom. The molecule has 0 bridgehead atoms. The number of hydrogen-bond acceptors (Lipinski definition) is 4. The van der Waals surface area contributed by atoms with Crippen LogP contribution in [0.15, 0.2) is 11.1 Å². The second-order valence-electron chi connectivity index (χ2n) is 5.57. The van der Waals surface area contributed by atoms with Gasteiger partial charge in [0, 0.05) is 15.5 Å². The standard InChI is InChI=1S/C14H20N2S2/c1-9(2)12-8-10-11(18-12)4-3-5-14(10)6-7-17-13(15)16-14/h8-9H,3-7H2,1-2H3,(H2,15,16). The lowest BCUT2D eigenvalue weighted by Crippen LogP contribution is -2.34. The molecular weight excluding hydrogens is 260 g/mol. The largest absolute Gasteiger partial charge is 0.379 e. The van der Waals surface area contributed by atoms with Gasteiger partial charge in [0.05, 0.1) is 5.54 Å². The third-order valence-electron chi connectivity index (χ3n) is 3.98. The quantitative estimate of drug-likeness (QED) is 0.848. The highest BCUT2D eigenvalue weighted by atomic mass is 32.2. The summed E-state index contributed by atoms with van der Waals surface area (Å²) in [6, 6.07) is 2.41. The number of nitrogens with zero attached hydrogens (tertiary/aromatic N) is 1. The molecule has 4 heteroatoms. The smallest absolute Gasteiger partial charge is 0.154 e. The van der Waals surface area contributed by atoms with E-state index in [4.69, 9.17) is 10.7 Å². The lowest BCUT2D eigenvalue weighted by molar-refractivity contribution is 0.367. The fourth-order valence-electron chi connectivity index (χ4n) is 2.99. The summed E-state index contributed by atoms with van der Waals surface area (Å²) in [4.78, 5) is 7.92. The summed E-state index contributed by atoms with van der Waals surface area (Å²) in [6.45, 7) is 4.55. The zero-order chi connectivity index (χ0) is 12.8. The summed E-state index contributed by atoms with van der Waals surface area (Å²) in [7, 11) is 0. The zero-order valence-electron chi connectivity index (χ0n) is 11.0. The van der Waals surface area contributed by atoms with Crippen LogP contribution < -0.4 is 5.73 Å². The highest BCUT2D eigenvalue weighted by Gasteiger charge is 2.39. The van der Waals surface area contributed by atoms with Crippen molar-refractivity contribution in [3.8, 4) is 0 Å². The van der Waals surface area contributed by atoms with Gasteiger partial charge < -0.3 is 5.73 Å². The van der Waals surface area contributed by atoms with Crippen LogP contribution in [-0.2, 0) is 12.0 Å². The van der Waals surface area contributed by atoms with Crippen molar-refractivity contribution >= 4 is 28.3 Å². The fourth-order valence-corrected chi connectivity index (χ4v) is 5.18. The molecule has 1 spiro atoms. The summed E-state index contributed by atoms with van der Waals surface area (Å²) in [5, 5.41) is 0.784. The van der Waals surface area contributed by atoms with E-state index in [1.54, 1.807) is 16.6 Å². The SMILES string of the molecule is CC(C)c1cc2c(s1)CCCC21CCSC(N)=N1. The maximum Gasteiger partial charge on any atom is 0.154 e. The summed E-state index contributed by atoms with van der Waals surface area (Å²) in [6.07, 6.45) is 4.82. The third-order valence-corrected chi connectivity index (χ3v) is 6.27. The summed E-state index contributed by atoms with van der Waals surface area (Å²) in [5.41, 5.74) is 7.49. The first-order valence-electron chi connectivity index (χ1n) is 6.72. The minimum Gasteiger partial charge on any atom is -0.379 e. The Morgan fingerprint density at radius 1 is 1.39 bits per heavy atom. The molecule has 0 saturated heterocycles. The van der Waals surface area contributed by atoms with Gasteiger partial charge in [0.2, 0.25) is 0 Å². The van der Waals surface area contributed by atoms with E-state index in [9.17, 15) is 0 Å². The first-order chi connectivity index (χ1) is 8.61. The Labute approximate surface area is 117 Å². The molecule has 2 heterocycles. The minimum absolute atomic E-state index is 0.0204. The van der Waals surface area contributed by atoms with Gasteiger partial charge in [-0.2, -0.15) is 0 Å². The molecule has 1 aliphatic heterocycles. The maximum atomic E-state index is 5.98. The molecule has 0 amide bonds. The molecule has 0 saturated carbocycles. The van der Waals surface area contributed by atoms with Crippen molar-refractivity contribution in [2.24, 2.45) is 10.7 Å². The van der Waals surface area contributed by atoms with Gasteiger partial charge in [-0.15, -0.1) is 11.3 Å². The molecule has 2 N–H and O–H groups in total. The number of aliphatic imine (C=N–C) groups is 1. The molecule has 1 aromatic heterocycles. The van der Waals surface area contributed by atoms with Gasteiger partial charge in [-0.05, 0) is 43.2 Å². The van der Waals surface area contributed by atoms with Gasteiger partial charge in [-0.1, -0.05) is 25.6 Å². The Kier molecular flexibility index (Phi) is 3.18. The topological polar surface area (TPSA) is 38.4 Å². The number of thiophene rings is 1. The first-order valence-corrected chi connectivity index (χ1v) is 8.52. The molecule has 1 aromatic rings. The van der Waals surface area contributed by atoms with Crippen molar-refractivity contribution < 1.29 is 0 Å². The van der Waals surface area contributed by atoms with Crippen LogP contribution in [0, 0.1) is 0 Å². The molecule has 0 fully saturated rings. The van der Waals surface area contributed by atoms with Crippen molar-refractivity contribution in [2.45, 2.75) is 51.0 Å². The molecule has 1 aliphatic carbocycles. The van der Waals surface area contributed by atoms with Crippen LogP contribution in [-0.4, -0.2) is 10.9 Å². The van der Waals surface area contributed by atoms with Crippen LogP contribution in [0.4, 0.5) is 0 Å². The fraction of sp³-hybridized carbons (Fsp3) is 0.643. The van der Waals surface area contributed by atoms with Crippen LogP contribution in [0.3, 0.4) is 0 Å². The molecule has 98 valence electrons. The molecule has 1 atom stereocenters. The van der Waals surface area contributed by atoms with Crippen molar-refractivity contribution in [2.75, 3.05) is 5.75 Å². The minimum atomic E-state index is 0.0204. The molecule has 3 rings (SSSR count). The number of hydrogen-bond donors (Lipinski definition) is 1. The van der Waals surface area contributed by atoms with E-state index in [1.807, 2.05) is 11.3 Å². The van der Waals surface area contributed by atoms with E-state index >= 15 is 0 Å². The third kappa shape index (κ3) is 1.99. The van der Waals surface area contributed by atoms with E-state index in [-0.39, 0.29) is 5.54 Å². The van der Waals surface area contributed by atoms with Gasteiger partial charge >= 0.3 is 0 Å². The predicted molar refractivity (Wildman–Crippen MR) is 81.7 cm³/mol. The van der Waals surface area contributed by atoms with Gasteiger partial charge in [0.25, 0.3) is 0 Å². The molecule has 2 nitrogen and oxygen atoms in total. The van der Waals surface area contributed by atoms with E-state index in [0.29, 0.717) is 5.92 Å². The number of fused-ring (bicyclic) bond motifs is 2. The average Bonchev–Trinajstić information content (AvgIpc) is 2.75. The van der Waals surface area contributed by atoms with E-state index in [0.717, 1.165) is 17.3 Å². The van der Waals surface area contributed by atoms with Crippen LogP contribution >= 0.6 is 23.1 Å². The van der Waals surface area contributed by atoms with Crippen LogP contribution in [0.1, 0.15) is 54.3 Å². The van der Waals surface area contributed by atoms with E-state index < -0.39 is 0 Å². The highest BCUT2D eigenvalue weighted by Crippen LogP contribution is 2.48. The highest BCUT2D eigenvalue weighted by molar-refractivity contribution is 8.13. The Bertz CT molecular complexity index is 490. The Balaban J connectivity index is 2.08. The summed E-state index contributed by atoms with van der Waals surface area (Å²) >= 11 is 3.70. The Hall–Kier alpha value is -0.480. The van der Waals surface area contributed by atoms with Crippen molar-refractivity contribution in [3.63, 3.8) is 0 Å². The van der Waals surface area contributed by atoms with Gasteiger partial charge in [-0.25, -0.2) is 0 Å². The predicted octanol–water partition coefficient (Wildman–Crippen LogP) is 3.85. The normalized spacial score (nSPS) is 27.4. The van der Waals surface area contributed by atoms with Crippen molar-refractivity contribution in [1.82, 2.24) is 0 Å². The second-order valence-corrected chi connectivity index (χ2v) is 7.86. The summed E-state index contributed by atoms with van der Waals surface area (Å²) in [5.74, 6) is 1.73. The van der Waals surface area contributed by atoms with Crippen LogP contribution in [0.5, 0.6) is 0 Å². The molecule has 18 heavy (non-hydrogen) atoms. The average molecular weight is 280 g/mol. The van der Waals surface area contributed by atoms with Crippen molar-refractivity contribution in [1.29, 1.82) is 0 Å². The molecular formula is C14H20N2S2. The van der Waals surface area contributed by atoms with E-state index in [1.165, 1.54) is 29.7 Å². The number of nitrogens with two attached hydrogens (primary N) is 1. The molecule has 2 aliphatic rings. The summed E-state index contributed by atoms with van der Waals surface area (Å²) < 4.78 is 0. The molecule has 0 aromatic carbocycles. The monoisotopic (exact) mass is 280 g/mol. The van der Waals surface area contributed by atoms with Crippen molar-refractivity contribution in [3.05, 3.63) is 21.4 Å². The van der Waals surface area contributed by atoms with Crippen LogP contribution in [0.2, 0.25) is 0 Å². The number of rotatable bonds is 1. The number of aryl methyl sites for hydroxylation is 1. The lowest BCUT2D eigenvalue weighted by Gasteiger charge is -2.36. The maximum absolute atomic E-state index is 5.98. The van der Waals surface area contributed by atoms with E-state index in [2.05, 4.69) is 19.9 Å². The van der Waals surface area contributed by atoms with Gasteiger partial charge in [0.15, 0.2) is 5.17 Å². The zero-order valence-corrected chi connectivity index (χ0v) is 12.7. The van der Waals surface area contributed by atoms with Gasteiger partial charge in [0.1, 0.15) is 0 Å². The lowest BCUT2D eigenvalue weighted by atomic mass is 9.78. The molecule has 0 radical (unpaired) electrons. The number of amidine groups is 1. The molecule has 1 unspecified atom stereocenters. The number of thioether (sulfide) groups is 1. The van der Waals surface area contributed by atoms with Crippen LogP contribution in [0.25, 0.3) is 0 Å². The second kappa shape index (κ2) is 4.57. The van der Waals surface area contributed by atoms with Gasteiger partial charge in [-0.3, -0.25) is 4.99 Å².